The van der Waals surface area contributed by atoms with Crippen molar-refractivity contribution in [1.82, 2.24) is 14.5 Å². The molecule has 0 bridgehead atoms. The van der Waals surface area contributed by atoms with E-state index in [9.17, 15) is 13.2 Å². The van der Waals surface area contributed by atoms with Crippen LogP contribution in [0.2, 0.25) is 5.02 Å². The van der Waals surface area contributed by atoms with Crippen LogP contribution in [0.4, 0.5) is 5.69 Å². The van der Waals surface area contributed by atoms with E-state index in [-0.39, 0.29) is 17.5 Å². The molecule has 0 fully saturated rings. The number of aryl methyl sites for hydroxylation is 1. The van der Waals surface area contributed by atoms with Gasteiger partial charge in [0.05, 0.1) is 18.6 Å². The Labute approximate surface area is 191 Å². The molecule has 1 aliphatic rings. The first-order valence-electron chi connectivity index (χ1n) is 10.0. The van der Waals surface area contributed by atoms with Gasteiger partial charge < -0.3 is 14.6 Å². The van der Waals surface area contributed by atoms with E-state index < -0.39 is 16.6 Å². The maximum atomic E-state index is 13.5. The molecule has 10 heteroatoms. The number of sulfonamides is 1. The number of anilines is 1. The summed E-state index contributed by atoms with van der Waals surface area (Å²) in [5.74, 6) is -0.318. The fraction of sp³-hybridized carbons (Fsp3) is 0.273. The number of fused-ring (bicyclic) bond motifs is 1. The molecule has 32 heavy (non-hydrogen) atoms. The largest absolute Gasteiger partial charge is 0.387 e. The minimum absolute atomic E-state index is 0.0357. The normalized spacial score (nSPS) is 13.7. The van der Waals surface area contributed by atoms with Crippen molar-refractivity contribution in [2.75, 3.05) is 17.5 Å². The zero-order chi connectivity index (χ0) is 22.9. The number of benzene rings is 2. The summed E-state index contributed by atoms with van der Waals surface area (Å²) >= 11 is 5.99. The van der Waals surface area contributed by atoms with Crippen LogP contribution < -0.4 is 4.31 Å². The number of aliphatic hydroxyl groups is 1. The van der Waals surface area contributed by atoms with Crippen LogP contribution in [0.1, 0.15) is 16.7 Å². The number of aliphatic hydroxyl groups excluding tert-OH is 1. The molecule has 4 rings (SSSR count). The molecular formula is C22H23ClN4O4S. The minimum Gasteiger partial charge on any atom is -0.387 e. The highest BCUT2D eigenvalue weighted by Crippen LogP contribution is 2.30. The Hall–Kier alpha value is -2.88. The molecule has 2 aromatic carbocycles. The van der Waals surface area contributed by atoms with Crippen LogP contribution in [0, 0.1) is 0 Å². The maximum absolute atomic E-state index is 13.5. The summed E-state index contributed by atoms with van der Waals surface area (Å²) in [6.45, 7) is 0.452. The van der Waals surface area contributed by atoms with E-state index in [1.807, 2.05) is 12.1 Å². The van der Waals surface area contributed by atoms with Gasteiger partial charge in [-0.15, -0.1) is 0 Å². The van der Waals surface area contributed by atoms with Crippen LogP contribution in [0.5, 0.6) is 0 Å². The third-order valence-corrected chi connectivity index (χ3v) is 7.36. The summed E-state index contributed by atoms with van der Waals surface area (Å²) < 4.78 is 29.9. The summed E-state index contributed by atoms with van der Waals surface area (Å²) in [5.41, 5.74) is 3.21. The summed E-state index contributed by atoms with van der Waals surface area (Å²) in [4.78, 5) is 17.5. The second-order valence-electron chi connectivity index (χ2n) is 7.69. The number of carbonyl (C=O) groups is 1. The van der Waals surface area contributed by atoms with Gasteiger partial charge in [0.2, 0.25) is 5.91 Å². The van der Waals surface area contributed by atoms with Crippen LogP contribution >= 0.6 is 11.6 Å². The molecule has 1 amide bonds. The second kappa shape index (κ2) is 8.93. The van der Waals surface area contributed by atoms with Crippen molar-refractivity contribution < 1.29 is 18.3 Å². The lowest BCUT2D eigenvalue weighted by Crippen LogP contribution is -2.38. The molecule has 0 atom stereocenters. The van der Waals surface area contributed by atoms with Crippen LogP contribution in [0.3, 0.4) is 0 Å². The molecule has 3 aromatic rings. The van der Waals surface area contributed by atoms with Crippen LogP contribution in [0.25, 0.3) is 0 Å². The minimum atomic E-state index is -3.93. The van der Waals surface area contributed by atoms with E-state index in [2.05, 4.69) is 4.98 Å². The van der Waals surface area contributed by atoms with Gasteiger partial charge in [-0.1, -0.05) is 29.8 Å². The summed E-state index contributed by atoms with van der Waals surface area (Å²) in [6, 6.07) is 12.5. The Morgan fingerprint density at radius 2 is 1.94 bits per heavy atom. The zero-order valence-electron chi connectivity index (χ0n) is 17.5. The van der Waals surface area contributed by atoms with Crippen molar-refractivity contribution >= 4 is 33.2 Å². The van der Waals surface area contributed by atoms with Gasteiger partial charge in [-0.2, -0.15) is 8.42 Å². The Kier molecular flexibility index (Phi) is 6.23. The quantitative estimate of drug-likeness (QED) is 0.591. The van der Waals surface area contributed by atoms with E-state index >= 15 is 0 Å². The molecule has 2 heterocycles. The Morgan fingerprint density at radius 3 is 2.59 bits per heavy atom. The highest BCUT2D eigenvalue weighted by atomic mass is 35.5. The molecule has 0 radical (unpaired) electrons. The van der Waals surface area contributed by atoms with E-state index in [1.54, 1.807) is 46.8 Å². The zero-order valence-corrected chi connectivity index (χ0v) is 19.1. The molecule has 0 aliphatic carbocycles. The number of halogens is 1. The monoisotopic (exact) mass is 474 g/mol. The lowest BCUT2D eigenvalue weighted by atomic mass is 9.99. The summed E-state index contributed by atoms with van der Waals surface area (Å²) in [5, 5.41) is 9.67. The fourth-order valence-corrected chi connectivity index (χ4v) is 5.25. The number of rotatable bonds is 6. The maximum Gasteiger partial charge on any atom is 0.283 e. The van der Waals surface area contributed by atoms with Gasteiger partial charge in [0.15, 0.2) is 5.03 Å². The number of amides is 1. The molecule has 168 valence electrons. The van der Waals surface area contributed by atoms with E-state index in [1.165, 1.54) is 16.8 Å². The predicted molar refractivity (Wildman–Crippen MR) is 121 cm³/mol. The van der Waals surface area contributed by atoms with Crippen molar-refractivity contribution in [2.45, 2.75) is 24.5 Å². The lowest BCUT2D eigenvalue weighted by molar-refractivity contribution is -0.135. The highest BCUT2D eigenvalue weighted by molar-refractivity contribution is 7.92. The molecule has 1 N–H and O–H groups in total. The predicted octanol–water partition coefficient (Wildman–Crippen LogP) is 2.35. The topological polar surface area (TPSA) is 95.7 Å². The number of hydrogen-bond acceptors (Lipinski definition) is 5. The molecule has 0 saturated carbocycles. The molecule has 0 spiro atoms. The first-order valence-corrected chi connectivity index (χ1v) is 11.9. The van der Waals surface area contributed by atoms with Crippen molar-refractivity contribution in [1.29, 1.82) is 0 Å². The van der Waals surface area contributed by atoms with E-state index in [0.717, 1.165) is 16.7 Å². The average Bonchev–Trinajstić information content (AvgIpc) is 3.24. The number of hydrogen-bond donors (Lipinski definition) is 1. The van der Waals surface area contributed by atoms with Crippen molar-refractivity contribution in [3.63, 3.8) is 0 Å². The van der Waals surface area contributed by atoms with Gasteiger partial charge in [0.25, 0.3) is 10.0 Å². The third kappa shape index (κ3) is 4.50. The Bertz CT molecular complexity index is 1240. The van der Waals surface area contributed by atoms with Gasteiger partial charge in [-0.25, -0.2) is 4.98 Å². The first-order chi connectivity index (χ1) is 15.3. The molecule has 1 aliphatic heterocycles. The van der Waals surface area contributed by atoms with Gasteiger partial charge in [-0.05, 0) is 47.4 Å². The summed E-state index contributed by atoms with van der Waals surface area (Å²) in [6.07, 6.45) is 3.50. The molecule has 0 unspecified atom stereocenters. The van der Waals surface area contributed by atoms with Crippen molar-refractivity contribution in [3.8, 4) is 0 Å². The van der Waals surface area contributed by atoms with Gasteiger partial charge in [0.1, 0.15) is 6.61 Å². The van der Waals surface area contributed by atoms with Crippen LogP contribution in [-0.2, 0) is 41.4 Å². The van der Waals surface area contributed by atoms with E-state index in [0.29, 0.717) is 30.2 Å². The Balaban J connectivity index is 1.72. The number of imidazole rings is 1. The highest BCUT2D eigenvalue weighted by Gasteiger charge is 2.29. The second-order valence-corrected chi connectivity index (χ2v) is 9.94. The van der Waals surface area contributed by atoms with Crippen molar-refractivity contribution in [2.24, 2.45) is 7.05 Å². The number of aromatic nitrogens is 2. The SMILES string of the molecule is Cn1cnc(S(=O)(=O)N(Cc2ccc(Cl)cc2)c2ccc3c(c2)CCN(C(=O)CO)C3)c1. The molecular weight excluding hydrogens is 452 g/mol. The van der Waals surface area contributed by atoms with Crippen LogP contribution in [-0.4, -0.2) is 47.0 Å². The first kappa shape index (κ1) is 22.3. The molecule has 1 aromatic heterocycles. The van der Waals surface area contributed by atoms with Gasteiger partial charge >= 0.3 is 0 Å². The lowest BCUT2D eigenvalue weighted by Gasteiger charge is -2.30. The Morgan fingerprint density at radius 1 is 1.19 bits per heavy atom. The third-order valence-electron chi connectivity index (χ3n) is 5.45. The molecule has 8 nitrogen and oxygen atoms in total. The smallest absolute Gasteiger partial charge is 0.283 e. The number of nitrogens with zero attached hydrogens (tertiary/aromatic N) is 4. The van der Waals surface area contributed by atoms with E-state index in [4.69, 9.17) is 16.7 Å². The van der Waals surface area contributed by atoms with Crippen molar-refractivity contribution in [3.05, 3.63) is 76.7 Å². The standard InChI is InChI=1S/C22H23ClN4O4S/c1-25-13-21(24-15-25)32(30,31)27(11-16-2-5-19(23)6-3-16)20-7-4-18-12-26(22(29)14-28)9-8-17(18)10-20/h2-7,10,13,15,28H,8-9,11-12,14H2,1H3. The summed E-state index contributed by atoms with van der Waals surface area (Å²) in [7, 11) is -2.21. The van der Waals surface area contributed by atoms with Gasteiger partial charge in [0, 0.05) is 31.4 Å². The number of carbonyl (C=O) groups excluding carboxylic acids is 1. The fourth-order valence-electron chi connectivity index (χ4n) is 3.71. The average molecular weight is 475 g/mol. The molecule has 0 saturated heterocycles. The van der Waals surface area contributed by atoms with Crippen LogP contribution in [0.15, 0.2) is 60.0 Å². The van der Waals surface area contributed by atoms with Gasteiger partial charge in [-0.3, -0.25) is 9.10 Å².